The van der Waals surface area contributed by atoms with Crippen molar-refractivity contribution in [3.05, 3.63) is 59.4 Å². The summed E-state index contributed by atoms with van der Waals surface area (Å²) in [5, 5.41) is 12.3. The van der Waals surface area contributed by atoms with E-state index in [0.29, 0.717) is 11.6 Å². The molecule has 1 aromatic carbocycles. The first-order valence-electron chi connectivity index (χ1n) is 7.32. The predicted molar refractivity (Wildman–Crippen MR) is 81.5 cm³/mol. The Kier molecular flexibility index (Phi) is 3.80. The third-order valence-electron chi connectivity index (χ3n) is 4.10. The van der Waals surface area contributed by atoms with Gasteiger partial charge in [0.05, 0.1) is 5.56 Å². The summed E-state index contributed by atoms with van der Waals surface area (Å²) in [7, 11) is 2.02. The average Bonchev–Trinajstić information content (AvgIpc) is 3.21. The minimum atomic E-state index is -0.883. The summed E-state index contributed by atoms with van der Waals surface area (Å²) in [5.74, 6) is -0.105. The summed E-state index contributed by atoms with van der Waals surface area (Å²) < 4.78 is 2.15. The van der Waals surface area contributed by atoms with Crippen molar-refractivity contribution in [1.82, 2.24) is 9.88 Å². The van der Waals surface area contributed by atoms with Gasteiger partial charge in [0, 0.05) is 25.0 Å². The highest BCUT2D eigenvalue weighted by molar-refractivity contribution is 5.87. The zero-order valence-electron chi connectivity index (χ0n) is 12.1. The van der Waals surface area contributed by atoms with E-state index in [0.717, 1.165) is 18.0 Å². The molecular formula is C17H20N2O2. The maximum absolute atomic E-state index is 10.8. The Hall–Kier alpha value is -2.07. The first-order chi connectivity index (χ1) is 10.2. The normalized spacial score (nSPS) is 15.9. The van der Waals surface area contributed by atoms with E-state index in [1.54, 1.807) is 12.1 Å². The van der Waals surface area contributed by atoms with Crippen molar-refractivity contribution in [2.75, 3.05) is 7.05 Å². The number of rotatable bonds is 6. The van der Waals surface area contributed by atoms with Crippen molar-refractivity contribution < 1.29 is 9.90 Å². The highest BCUT2D eigenvalue weighted by Gasteiger charge is 2.31. The molecule has 0 saturated heterocycles. The number of carbonyl (C=O) groups is 1. The van der Waals surface area contributed by atoms with Gasteiger partial charge in [-0.1, -0.05) is 12.1 Å². The van der Waals surface area contributed by atoms with Crippen LogP contribution >= 0.6 is 0 Å². The standard InChI is InChI=1S/C17H20N2O2/c1-18-16(13-6-7-13)15-8-9-19(11-15)10-12-2-4-14(5-3-12)17(20)21/h2-5,8-9,11,13,16,18H,6-7,10H2,1H3,(H,20,21). The molecule has 1 saturated carbocycles. The first kappa shape index (κ1) is 13.9. The van der Waals surface area contributed by atoms with E-state index in [2.05, 4.69) is 28.3 Å². The molecule has 21 heavy (non-hydrogen) atoms. The summed E-state index contributed by atoms with van der Waals surface area (Å²) in [4.78, 5) is 10.8. The predicted octanol–water partition coefficient (Wildman–Crippen LogP) is 2.91. The van der Waals surface area contributed by atoms with Crippen LogP contribution in [0.5, 0.6) is 0 Å². The molecule has 0 radical (unpaired) electrons. The molecule has 1 atom stereocenters. The maximum Gasteiger partial charge on any atom is 0.335 e. The van der Waals surface area contributed by atoms with Crippen molar-refractivity contribution in [1.29, 1.82) is 0 Å². The van der Waals surface area contributed by atoms with Gasteiger partial charge in [-0.15, -0.1) is 0 Å². The lowest BCUT2D eigenvalue weighted by molar-refractivity contribution is 0.0697. The molecule has 1 unspecified atom stereocenters. The van der Waals surface area contributed by atoms with Crippen LogP contribution < -0.4 is 5.32 Å². The molecular weight excluding hydrogens is 264 g/mol. The number of hydrogen-bond donors (Lipinski definition) is 2. The van der Waals surface area contributed by atoms with Crippen LogP contribution in [0.3, 0.4) is 0 Å². The van der Waals surface area contributed by atoms with Crippen molar-refractivity contribution in [3.63, 3.8) is 0 Å². The van der Waals surface area contributed by atoms with E-state index in [1.165, 1.54) is 18.4 Å². The molecule has 1 aromatic heterocycles. The van der Waals surface area contributed by atoms with Crippen molar-refractivity contribution in [3.8, 4) is 0 Å². The Morgan fingerprint density at radius 3 is 2.62 bits per heavy atom. The number of aromatic nitrogens is 1. The van der Waals surface area contributed by atoms with Gasteiger partial charge >= 0.3 is 5.97 Å². The molecule has 1 fully saturated rings. The number of nitrogens with one attached hydrogen (secondary N) is 1. The van der Waals surface area contributed by atoms with Gasteiger partial charge < -0.3 is 15.0 Å². The molecule has 3 rings (SSSR count). The molecule has 1 heterocycles. The molecule has 2 aromatic rings. The number of nitrogens with zero attached hydrogens (tertiary/aromatic N) is 1. The first-order valence-corrected chi connectivity index (χ1v) is 7.32. The summed E-state index contributed by atoms with van der Waals surface area (Å²) >= 11 is 0. The number of hydrogen-bond acceptors (Lipinski definition) is 2. The molecule has 4 nitrogen and oxygen atoms in total. The third kappa shape index (κ3) is 3.16. The van der Waals surface area contributed by atoms with Crippen LogP contribution in [0, 0.1) is 5.92 Å². The monoisotopic (exact) mass is 284 g/mol. The van der Waals surface area contributed by atoms with Gasteiger partial charge in [-0.25, -0.2) is 4.79 Å². The Balaban J connectivity index is 1.70. The lowest BCUT2D eigenvalue weighted by Gasteiger charge is -2.13. The molecule has 0 spiro atoms. The second-order valence-electron chi connectivity index (χ2n) is 5.72. The summed E-state index contributed by atoms with van der Waals surface area (Å²) in [6.45, 7) is 0.765. The van der Waals surface area contributed by atoms with Crippen LogP contribution in [-0.2, 0) is 6.54 Å². The van der Waals surface area contributed by atoms with Crippen molar-refractivity contribution in [2.24, 2.45) is 5.92 Å². The number of aromatic carboxylic acids is 1. The van der Waals surface area contributed by atoms with Gasteiger partial charge in [0.2, 0.25) is 0 Å². The Labute approximate surface area is 124 Å². The number of carboxylic acid groups (broad SMARTS) is 1. The summed E-state index contributed by atoms with van der Waals surface area (Å²) in [6, 6.07) is 9.69. The van der Waals surface area contributed by atoms with E-state index in [4.69, 9.17) is 5.11 Å². The van der Waals surface area contributed by atoms with E-state index in [1.807, 2.05) is 19.2 Å². The Morgan fingerprint density at radius 2 is 2.05 bits per heavy atom. The Morgan fingerprint density at radius 1 is 1.33 bits per heavy atom. The van der Waals surface area contributed by atoms with Crippen LogP contribution in [-0.4, -0.2) is 22.7 Å². The maximum atomic E-state index is 10.8. The minimum Gasteiger partial charge on any atom is -0.478 e. The third-order valence-corrected chi connectivity index (χ3v) is 4.10. The molecule has 2 N–H and O–H groups in total. The summed E-state index contributed by atoms with van der Waals surface area (Å²) in [6.07, 6.45) is 6.90. The topological polar surface area (TPSA) is 54.3 Å². The van der Waals surface area contributed by atoms with Crippen LogP contribution in [0.25, 0.3) is 0 Å². The van der Waals surface area contributed by atoms with Crippen LogP contribution in [0.2, 0.25) is 0 Å². The lowest BCUT2D eigenvalue weighted by atomic mass is 10.1. The molecule has 1 aliphatic rings. The number of benzene rings is 1. The fourth-order valence-electron chi connectivity index (χ4n) is 2.81. The zero-order chi connectivity index (χ0) is 14.8. The second kappa shape index (κ2) is 5.74. The zero-order valence-corrected chi connectivity index (χ0v) is 12.1. The average molecular weight is 284 g/mol. The number of carboxylic acids is 1. The van der Waals surface area contributed by atoms with Crippen LogP contribution in [0.4, 0.5) is 0 Å². The quantitative estimate of drug-likeness (QED) is 0.857. The van der Waals surface area contributed by atoms with E-state index in [9.17, 15) is 4.79 Å². The van der Waals surface area contributed by atoms with Gasteiger partial charge in [0.15, 0.2) is 0 Å². The van der Waals surface area contributed by atoms with Crippen molar-refractivity contribution >= 4 is 5.97 Å². The lowest BCUT2D eigenvalue weighted by Crippen LogP contribution is -2.17. The Bertz CT molecular complexity index is 626. The fraction of sp³-hybridized carbons (Fsp3) is 0.353. The van der Waals surface area contributed by atoms with E-state index in [-0.39, 0.29) is 0 Å². The molecule has 4 heteroatoms. The minimum absolute atomic E-state index is 0.330. The molecule has 0 bridgehead atoms. The molecule has 0 amide bonds. The second-order valence-corrected chi connectivity index (χ2v) is 5.72. The van der Waals surface area contributed by atoms with E-state index >= 15 is 0 Å². The highest BCUT2D eigenvalue weighted by Crippen LogP contribution is 2.40. The smallest absolute Gasteiger partial charge is 0.335 e. The fourth-order valence-corrected chi connectivity index (χ4v) is 2.81. The SMILES string of the molecule is CNC(c1ccn(Cc2ccc(C(=O)O)cc2)c1)C1CC1. The largest absolute Gasteiger partial charge is 0.478 e. The van der Waals surface area contributed by atoms with Gasteiger partial charge in [-0.2, -0.15) is 0 Å². The van der Waals surface area contributed by atoms with Crippen LogP contribution in [0.1, 0.15) is 40.4 Å². The van der Waals surface area contributed by atoms with Gasteiger partial charge in [0.1, 0.15) is 0 Å². The van der Waals surface area contributed by atoms with Crippen molar-refractivity contribution in [2.45, 2.75) is 25.4 Å². The summed E-state index contributed by atoms with van der Waals surface area (Å²) in [5.41, 5.74) is 2.77. The molecule has 110 valence electrons. The highest BCUT2D eigenvalue weighted by atomic mass is 16.4. The van der Waals surface area contributed by atoms with Gasteiger partial charge in [-0.05, 0) is 55.1 Å². The van der Waals surface area contributed by atoms with E-state index < -0.39 is 5.97 Å². The molecule has 0 aliphatic heterocycles. The van der Waals surface area contributed by atoms with Crippen LogP contribution in [0.15, 0.2) is 42.7 Å². The molecule has 1 aliphatic carbocycles. The van der Waals surface area contributed by atoms with Gasteiger partial charge in [0.25, 0.3) is 0 Å². The van der Waals surface area contributed by atoms with Gasteiger partial charge in [-0.3, -0.25) is 0 Å².